The minimum absolute atomic E-state index is 0.134. The molecule has 1 aliphatic heterocycles. The summed E-state index contributed by atoms with van der Waals surface area (Å²) in [6.45, 7) is 3.48. The molecule has 1 saturated heterocycles. The second kappa shape index (κ2) is 10.4. The molecule has 172 valence electrons. The lowest BCUT2D eigenvalue weighted by molar-refractivity contribution is -0.917. The summed E-state index contributed by atoms with van der Waals surface area (Å²) in [6, 6.07) is 25.0. The van der Waals surface area contributed by atoms with Gasteiger partial charge in [0, 0.05) is 10.6 Å². The number of benzene rings is 3. The Morgan fingerprint density at radius 2 is 1.55 bits per heavy atom. The zero-order valence-corrected chi connectivity index (χ0v) is 19.8. The Balaban J connectivity index is 1.48. The fourth-order valence-corrected chi connectivity index (χ4v) is 5.63. The van der Waals surface area contributed by atoms with Crippen LogP contribution >= 0.6 is 11.6 Å². The van der Waals surface area contributed by atoms with Crippen LogP contribution < -0.4 is 9.21 Å². The molecular weight excluding hydrogens is 458 g/mol. The normalized spacial score (nSPS) is 14.8. The highest BCUT2D eigenvalue weighted by Crippen LogP contribution is 2.26. The molecule has 0 aliphatic carbocycles. The summed E-state index contributed by atoms with van der Waals surface area (Å²) in [6.07, 6.45) is 0. The highest BCUT2D eigenvalue weighted by molar-refractivity contribution is 7.92. The van der Waals surface area contributed by atoms with Crippen LogP contribution in [0.3, 0.4) is 0 Å². The molecule has 1 N–H and O–H groups in total. The van der Waals surface area contributed by atoms with E-state index < -0.39 is 10.0 Å². The van der Waals surface area contributed by atoms with Gasteiger partial charge in [0.05, 0.1) is 36.8 Å². The van der Waals surface area contributed by atoms with Crippen molar-refractivity contribution in [3.8, 4) is 0 Å². The minimum atomic E-state index is -3.93. The molecule has 1 heterocycles. The van der Waals surface area contributed by atoms with Crippen LogP contribution in [-0.2, 0) is 21.4 Å². The number of anilines is 1. The Morgan fingerprint density at radius 3 is 2.18 bits per heavy atom. The van der Waals surface area contributed by atoms with Crippen LogP contribution in [0.4, 0.5) is 5.69 Å². The predicted octanol–water partition coefficient (Wildman–Crippen LogP) is 2.46. The standard InChI is InChI=1S/C25H26ClN3O3S/c26-22-10-7-11-23(18-22)29(33(31,32)24-12-5-2-6-13-24)20-25(30)28-16-14-27(15-17-28)19-21-8-3-1-4-9-21/h1-13,18H,14-17,19-20H2/p+1. The molecule has 0 unspecified atom stereocenters. The van der Waals surface area contributed by atoms with E-state index in [0.717, 1.165) is 23.9 Å². The van der Waals surface area contributed by atoms with Crippen LogP contribution in [0.25, 0.3) is 0 Å². The second-order valence-corrected chi connectivity index (χ2v) is 10.4. The Hall–Kier alpha value is -2.87. The fraction of sp³-hybridized carbons (Fsp3) is 0.240. The maximum atomic E-state index is 13.4. The molecule has 8 heteroatoms. The molecule has 1 aliphatic rings. The zero-order chi connectivity index (χ0) is 23.3. The summed E-state index contributed by atoms with van der Waals surface area (Å²) in [7, 11) is -3.93. The molecule has 0 spiro atoms. The third-order valence-corrected chi connectivity index (χ3v) is 7.85. The minimum Gasteiger partial charge on any atom is -0.330 e. The molecule has 0 bridgehead atoms. The number of quaternary nitrogens is 1. The maximum absolute atomic E-state index is 13.4. The highest BCUT2D eigenvalue weighted by atomic mass is 35.5. The van der Waals surface area contributed by atoms with E-state index in [4.69, 9.17) is 11.6 Å². The van der Waals surface area contributed by atoms with Crippen molar-refractivity contribution in [1.82, 2.24) is 4.90 Å². The first-order chi connectivity index (χ1) is 15.9. The van der Waals surface area contributed by atoms with Crippen molar-refractivity contribution in [2.45, 2.75) is 11.4 Å². The lowest BCUT2D eigenvalue weighted by Gasteiger charge is -2.34. The first kappa shape index (κ1) is 23.3. The number of nitrogens with zero attached hydrogens (tertiary/aromatic N) is 2. The molecule has 0 aromatic heterocycles. The van der Waals surface area contributed by atoms with E-state index in [2.05, 4.69) is 12.1 Å². The molecule has 1 amide bonds. The summed E-state index contributed by atoms with van der Waals surface area (Å²) in [5.41, 5.74) is 1.64. The molecule has 6 nitrogen and oxygen atoms in total. The number of hydrogen-bond acceptors (Lipinski definition) is 3. The summed E-state index contributed by atoms with van der Waals surface area (Å²) < 4.78 is 28.0. The van der Waals surface area contributed by atoms with Gasteiger partial charge in [0.15, 0.2) is 0 Å². The van der Waals surface area contributed by atoms with Gasteiger partial charge in [0.1, 0.15) is 13.1 Å². The van der Waals surface area contributed by atoms with E-state index in [1.165, 1.54) is 22.6 Å². The molecule has 3 aromatic rings. The van der Waals surface area contributed by atoms with Crippen molar-refractivity contribution in [2.75, 3.05) is 37.0 Å². The number of sulfonamides is 1. The molecule has 0 radical (unpaired) electrons. The van der Waals surface area contributed by atoms with Crippen LogP contribution in [0.2, 0.25) is 5.02 Å². The molecule has 4 rings (SSSR count). The summed E-state index contributed by atoms with van der Waals surface area (Å²) in [5, 5.41) is 0.409. The third-order valence-electron chi connectivity index (χ3n) is 5.83. The first-order valence-corrected chi connectivity index (χ1v) is 12.7. The van der Waals surface area contributed by atoms with Crippen molar-refractivity contribution >= 4 is 33.2 Å². The van der Waals surface area contributed by atoms with Gasteiger partial charge >= 0.3 is 0 Å². The Morgan fingerprint density at radius 1 is 0.909 bits per heavy atom. The van der Waals surface area contributed by atoms with Gasteiger partial charge in [-0.15, -0.1) is 0 Å². The Bertz CT molecular complexity index is 1180. The first-order valence-electron chi connectivity index (χ1n) is 10.9. The summed E-state index contributed by atoms with van der Waals surface area (Å²) in [4.78, 5) is 16.5. The summed E-state index contributed by atoms with van der Waals surface area (Å²) in [5.74, 6) is -0.215. The monoisotopic (exact) mass is 484 g/mol. The quantitative estimate of drug-likeness (QED) is 0.560. The largest absolute Gasteiger partial charge is 0.330 e. The topological polar surface area (TPSA) is 62.1 Å². The number of amides is 1. The number of halogens is 1. The predicted molar refractivity (Wildman–Crippen MR) is 130 cm³/mol. The van der Waals surface area contributed by atoms with Gasteiger partial charge in [-0.05, 0) is 30.3 Å². The van der Waals surface area contributed by atoms with Crippen LogP contribution in [-0.4, -0.2) is 51.9 Å². The van der Waals surface area contributed by atoms with Crippen LogP contribution in [0.5, 0.6) is 0 Å². The number of nitrogens with one attached hydrogen (secondary N) is 1. The van der Waals surface area contributed by atoms with E-state index in [-0.39, 0.29) is 17.3 Å². The molecule has 0 atom stereocenters. The number of carbonyl (C=O) groups excluding carboxylic acids is 1. The maximum Gasteiger partial charge on any atom is 0.264 e. The summed E-state index contributed by atoms with van der Waals surface area (Å²) >= 11 is 6.13. The number of piperazine rings is 1. The Labute approximate surface area is 200 Å². The fourth-order valence-electron chi connectivity index (χ4n) is 4.02. The van der Waals surface area contributed by atoms with Crippen LogP contribution in [0.15, 0.2) is 89.8 Å². The lowest BCUT2D eigenvalue weighted by atomic mass is 10.2. The van der Waals surface area contributed by atoms with Gasteiger partial charge in [-0.1, -0.05) is 66.2 Å². The molecule has 3 aromatic carbocycles. The highest BCUT2D eigenvalue weighted by Gasteiger charge is 2.31. The Kier molecular flexibility index (Phi) is 7.33. The smallest absolute Gasteiger partial charge is 0.264 e. The SMILES string of the molecule is O=C(CN(c1cccc(Cl)c1)S(=O)(=O)c1ccccc1)N1CC[NH+](Cc2ccccc2)CC1. The van der Waals surface area contributed by atoms with E-state index in [9.17, 15) is 13.2 Å². The third kappa shape index (κ3) is 5.74. The lowest BCUT2D eigenvalue weighted by Crippen LogP contribution is -3.13. The van der Waals surface area contributed by atoms with Gasteiger partial charge in [-0.2, -0.15) is 0 Å². The van der Waals surface area contributed by atoms with Crippen LogP contribution in [0.1, 0.15) is 5.56 Å². The van der Waals surface area contributed by atoms with Crippen molar-refractivity contribution in [3.63, 3.8) is 0 Å². The second-order valence-electron chi connectivity index (χ2n) is 8.10. The van der Waals surface area contributed by atoms with E-state index in [1.54, 1.807) is 47.4 Å². The van der Waals surface area contributed by atoms with Crippen molar-refractivity contribution in [3.05, 3.63) is 95.5 Å². The van der Waals surface area contributed by atoms with E-state index in [1.807, 2.05) is 18.2 Å². The van der Waals surface area contributed by atoms with Gasteiger partial charge in [-0.25, -0.2) is 8.42 Å². The van der Waals surface area contributed by atoms with Gasteiger partial charge in [0.2, 0.25) is 5.91 Å². The molecule has 33 heavy (non-hydrogen) atoms. The number of hydrogen-bond donors (Lipinski definition) is 1. The van der Waals surface area contributed by atoms with E-state index >= 15 is 0 Å². The van der Waals surface area contributed by atoms with Crippen LogP contribution in [0, 0.1) is 0 Å². The molecule has 1 fully saturated rings. The molecule has 0 saturated carbocycles. The zero-order valence-electron chi connectivity index (χ0n) is 18.2. The average Bonchev–Trinajstić information content (AvgIpc) is 2.84. The molecular formula is C25H27ClN3O3S+. The average molecular weight is 485 g/mol. The van der Waals surface area contributed by atoms with Gasteiger partial charge < -0.3 is 9.80 Å². The van der Waals surface area contributed by atoms with Gasteiger partial charge in [-0.3, -0.25) is 9.10 Å². The van der Waals surface area contributed by atoms with E-state index in [0.29, 0.717) is 23.8 Å². The van der Waals surface area contributed by atoms with Crippen molar-refractivity contribution in [2.24, 2.45) is 0 Å². The van der Waals surface area contributed by atoms with Crippen molar-refractivity contribution < 1.29 is 18.1 Å². The number of carbonyl (C=O) groups is 1. The van der Waals surface area contributed by atoms with Crippen molar-refractivity contribution in [1.29, 1.82) is 0 Å². The van der Waals surface area contributed by atoms with Gasteiger partial charge in [0.25, 0.3) is 10.0 Å². The number of rotatable bonds is 7.